The highest BCUT2D eigenvalue weighted by Crippen LogP contribution is 2.40. The van der Waals surface area contributed by atoms with E-state index in [0.717, 1.165) is 53.6 Å². The van der Waals surface area contributed by atoms with Crippen LogP contribution in [0, 0.1) is 5.92 Å². The summed E-state index contributed by atoms with van der Waals surface area (Å²) in [5, 5.41) is 10.7. The van der Waals surface area contributed by atoms with Crippen molar-refractivity contribution in [1.82, 2.24) is 0 Å². The molecular weight excluding hydrogens is 332 g/mol. The molecule has 3 nitrogen and oxygen atoms in total. The molecule has 1 heterocycles. The summed E-state index contributed by atoms with van der Waals surface area (Å²) in [6, 6.07) is 3.86. The van der Waals surface area contributed by atoms with Crippen LogP contribution in [-0.2, 0) is 0 Å². The van der Waals surface area contributed by atoms with E-state index >= 15 is 0 Å². The van der Waals surface area contributed by atoms with Gasteiger partial charge in [0.15, 0.2) is 11.5 Å². The minimum absolute atomic E-state index is 0.283. The van der Waals surface area contributed by atoms with Gasteiger partial charge in [0.25, 0.3) is 0 Å². The van der Waals surface area contributed by atoms with Gasteiger partial charge in [-0.1, -0.05) is 49.0 Å². The molecule has 118 valence electrons. The second kappa shape index (κ2) is 8.04. The van der Waals surface area contributed by atoms with E-state index in [-0.39, 0.29) is 5.92 Å². The number of hydrogen-bond donors (Lipinski definition) is 1. The number of ether oxygens (including phenoxy) is 2. The monoisotopic (exact) mass is 356 g/mol. The molecule has 1 N–H and O–H groups in total. The maximum absolute atomic E-state index is 10.7. The molecule has 0 radical (unpaired) electrons. The van der Waals surface area contributed by atoms with Crippen LogP contribution in [0.5, 0.6) is 11.5 Å². The molecule has 2 atom stereocenters. The average molecular weight is 357 g/mol. The second-order valence-corrected chi connectivity index (χ2v) is 6.48. The van der Waals surface area contributed by atoms with E-state index in [1.807, 2.05) is 12.1 Å². The highest BCUT2D eigenvalue weighted by atomic mass is 79.9. The summed E-state index contributed by atoms with van der Waals surface area (Å²) >= 11 is 3.57. The van der Waals surface area contributed by atoms with Crippen molar-refractivity contribution in [2.75, 3.05) is 13.2 Å². The van der Waals surface area contributed by atoms with E-state index in [2.05, 4.69) is 29.8 Å². The number of benzene rings is 1. The molecule has 2 rings (SSSR count). The van der Waals surface area contributed by atoms with Crippen LogP contribution in [-0.4, -0.2) is 18.3 Å². The third-order valence-corrected chi connectivity index (χ3v) is 4.77. The first-order chi connectivity index (χ1) is 10.2. The molecule has 0 fully saturated rings. The maximum atomic E-state index is 10.7. The quantitative estimate of drug-likeness (QED) is 0.790. The Morgan fingerprint density at radius 2 is 1.86 bits per heavy atom. The topological polar surface area (TPSA) is 38.7 Å². The summed E-state index contributed by atoms with van der Waals surface area (Å²) in [4.78, 5) is 0. The third-order valence-electron chi connectivity index (χ3n) is 4.08. The number of rotatable bonds is 6. The summed E-state index contributed by atoms with van der Waals surface area (Å²) < 4.78 is 12.3. The Hall–Kier alpha value is -0.740. The van der Waals surface area contributed by atoms with Crippen LogP contribution in [0.1, 0.15) is 57.6 Å². The van der Waals surface area contributed by atoms with E-state index in [9.17, 15) is 5.11 Å². The van der Waals surface area contributed by atoms with Crippen LogP contribution >= 0.6 is 15.9 Å². The highest BCUT2D eigenvalue weighted by molar-refractivity contribution is 9.10. The minimum atomic E-state index is -0.465. The lowest BCUT2D eigenvalue weighted by Gasteiger charge is -2.23. The first-order valence-corrected chi connectivity index (χ1v) is 8.73. The zero-order valence-electron chi connectivity index (χ0n) is 12.9. The van der Waals surface area contributed by atoms with Crippen LogP contribution in [0.25, 0.3) is 0 Å². The van der Waals surface area contributed by atoms with Gasteiger partial charge in [0, 0.05) is 10.9 Å². The summed E-state index contributed by atoms with van der Waals surface area (Å²) in [5.74, 6) is 1.79. The van der Waals surface area contributed by atoms with Crippen molar-refractivity contribution in [1.29, 1.82) is 0 Å². The van der Waals surface area contributed by atoms with Gasteiger partial charge in [-0.15, -0.1) is 0 Å². The first-order valence-electron chi connectivity index (χ1n) is 7.94. The molecule has 21 heavy (non-hydrogen) atoms. The SMILES string of the molecule is CCCCC(CC)C(O)c1cc2c(cc1Br)OCCCO2. The Labute approximate surface area is 135 Å². The van der Waals surface area contributed by atoms with E-state index in [0.29, 0.717) is 13.2 Å². The molecular formula is C17H25BrO3. The number of hydrogen-bond acceptors (Lipinski definition) is 3. The summed E-state index contributed by atoms with van der Waals surface area (Å²) in [5.41, 5.74) is 0.905. The fourth-order valence-corrected chi connectivity index (χ4v) is 3.29. The van der Waals surface area contributed by atoms with Gasteiger partial charge in [0.1, 0.15) is 0 Å². The normalized spacial score (nSPS) is 17.1. The largest absolute Gasteiger partial charge is 0.490 e. The van der Waals surface area contributed by atoms with Crippen LogP contribution in [0.2, 0.25) is 0 Å². The van der Waals surface area contributed by atoms with E-state index in [4.69, 9.17) is 9.47 Å². The molecule has 4 heteroatoms. The number of aliphatic hydroxyl groups excluding tert-OH is 1. The molecule has 0 amide bonds. The van der Waals surface area contributed by atoms with Crippen molar-refractivity contribution in [2.24, 2.45) is 5.92 Å². The Kier molecular flexibility index (Phi) is 6.37. The second-order valence-electron chi connectivity index (χ2n) is 5.63. The van der Waals surface area contributed by atoms with E-state index in [1.165, 1.54) is 0 Å². The fourth-order valence-electron chi connectivity index (χ4n) is 2.73. The Morgan fingerprint density at radius 1 is 1.19 bits per heavy atom. The lowest BCUT2D eigenvalue weighted by molar-refractivity contribution is 0.0979. The average Bonchev–Trinajstić information content (AvgIpc) is 2.71. The van der Waals surface area contributed by atoms with Gasteiger partial charge in [-0.25, -0.2) is 0 Å². The first kappa shape index (κ1) is 16.6. The van der Waals surface area contributed by atoms with Crippen molar-refractivity contribution < 1.29 is 14.6 Å². The third kappa shape index (κ3) is 4.13. The molecule has 0 aromatic heterocycles. The highest BCUT2D eigenvalue weighted by Gasteiger charge is 2.23. The molecule has 1 aromatic rings. The van der Waals surface area contributed by atoms with Crippen molar-refractivity contribution in [2.45, 2.75) is 52.1 Å². The van der Waals surface area contributed by atoms with Gasteiger partial charge in [0.05, 0.1) is 19.3 Å². The van der Waals surface area contributed by atoms with Crippen LogP contribution in [0.4, 0.5) is 0 Å². The Bertz CT molecular complexity index is 462. The van der Waals surface area contributed by atoms with Gasteiger partial charge < -0.3 is 14.6 Å². The van der Waals surface area contributed by atoms with Crippen molar-refractivity contribution in [3.8, 4) is 11.5 Å². The molecule has 0 aliphatic carbocycles. The Balaban J connectivity index is 2.23. The number of fused-ring (bicyclic) bond motifs is 1. The lowest BCUT2D eigenvalue weighted by Crippen LogP contribution is -2.13. The van der Waals surface area contributed by atoms with Gasteiger partial charge in [-0.2, -0.15) is 0 Å². The van der Waals surface area contributed by atoms with Crippen LogP contribution in [0.3, 0.4) is 0 Å². The zero-order valence-corrected chi connectivity index (χ0v) is 14.5. The van der Waals surface area contributed by atoms with Gasteiger partial charge in [0.2, 0.25) is 0 Å². The smallest absolute Gasteiger partial charge is 0.162 e. The lowest BCUT2D eigenvalue weighted by atomic mass is 9.89. The van der Waals surface area contributed by atoms with Crippen LogP contribution < -0.4 is 9.47 Å². The van der Waals surface area contributed by atoms with Gasteiger partial charge >= 0.3 is 0 Å². The van der Waals surface area contributed by atoms with Crippen molar-refractivity contribution >= 4 is 15.9 Å². The molecule has 0 saturated heterocycles. The Morgan fingerprint density at radius 3 is 2.48 bits per heavy atom. The fraction of sp³-hybridized carbons (Fsp3) is 0.647. The van der Waals surface area contributed by atoms with Crippen LogP contribution in [0.15, 0.2) is 16.6 Å². The number of unbranched alkanes of at least 4 members (excludes halogenated alkanes) is 1. The molecule has 1 aliphatic heterocycles. The summed E-state index contributed by atoms with van der Waals surface area (Å²) in [7, 11) is 0. The number of halogens is 1. The molecule has 1 aromatic carbocycles. The molecule has 1 aliphatic rings. The van der Waals surface area contributed by atoms with E-state index < -0.39 is 6.10 Å². The summed E-state index contributed by atoms with van der Waals surface area (Å²) in [6.45, 7) is 5.66. The van der Waals surface area contributed by atoms with E-state index in [1.54, 1.807) is 0 Å². The van der Waals surface area contributed by atoms with Crippen molar-refractivity contribution in [3.63, 3.8) is 0 Å². The van der Waals surface area contributed by atoms with Crippen molar-refractivity contribution in [3.05, 3.63) is 22.2 Å². The predicted molar refractivity (Wildman–Crippen MR) is 88.0 cm³/mol. The number of aliphatic hydroxyl groups is 1. The summed E-state index contributed by atoms with van der Waals surface area (Å²) in [6.07, 6.45) is 4.76. The zero-order chi connectivity index (χ0) is 15.2. The molecule has 0 bridgehead atoms. The van der Waals surface area contributed by atoms with Gasteiger partial charge in [-0.3, -0.25) is 0 Å². The molecule has 2 unspecified atom stereocenters. The minimum Gasteiger partial charge on any atom is -0.490 e. The van der Waals surface area contributed by atoms with Gasteiger partial charge in [-0.05, 0) is 30.0 Å². The molecule has 0 saturated carbocycles. The standard InChI is InChI=1S/C17H25BrO3/c1-3-5-7-12(4-2)17(19)13-10-15-16(11-14(13)18)21-9-6-8-20-15/h10-12,17,19H,3-9H2,1-2H3. The predicted octanol–water partition coefficient (Wildman–Crippen LogP) is 4.86. The maximum Gasteiger partial charge on any atom is 0.162 e. The molecule has 0 spiro atoms.